The highest BCUT2D eigenvalue weighted by Gasteiger charge is 2.19. The molecule has 98 valence electrons. The molecule has 0 aliphatic heterocycles. The molecular weight excluding hydrogens is 238 g/mol. The molecule has 1 aromatic heterocycles. The summed E-state index contributed by atoms with van der Waals surface area (Å²) in [6.07, 6.45) is 3.25. The molecule has 2 N–H and O–H groups in total. The van der Waals surface area contributed by atoms with Crippen LogP contribution in [0.1, 0.15) is 24.6 Å². The van der Waals surface area contributed by atoms with Gasteiger partial charge in [0.2, 0.25) is 0 Å². The predicted molar refractivity (Wildman–Crippen MR) is 75.3 cm³/mol. The Hall–Kier alpha value is -2.10. The Balaban J connectivity index is 2.07. The molecule has 3 rings (SSSR count). The minimum absolute atomic E-state index is 0.261. The fourth-order valence-corrected chi connectivity index (χ4v) is 2.49. The zero-order valence-corrected chi connectivity index (χ0v) is 11.0. The summed E-state index contributed by atoms with van der Waals surface area (Å²) >= 11 is 0. The molecule has 1 aliphatic rings. The number of anilines is 1. The van der Waals surface area contributed by atoms with Crippen LogP contribution >= 0.6 is 0 Å². The van der Waals surface area contributed by atoms with Crippen LogP contribution in [-0.4, -0.2) is 21.6 Å². The third kappa shape index (κ3) is 2.26. The maximum absolute atomic E-state index is 9.34. The van der Waals surface area contributed by atoms with E-state index in [-0.39, 0.29) is 5.75 Å². The highest BCUT2D eigenvalue weighted by molar-refractivity contribution is 5.61. The zero-order valence-electron chi connectivity index (χ0n) is 11.0. The molecular formula is C15H17N3O. The molecule has 0 fully saturated rings. The van der Waals surface area contributed by atoms with Crippen molar-refractivity contribution in [3.8, 4) is 17.1 Å². The fourth-order valence-electron chi connectivity index (χ4n) is 2.49. The Labute approximate surface area is 112 Å². The lowest BCUT2D eigenvalue weighted by Gasteiger charge is -2.11. The molecule has 0 spiro atoms. The predicted octanol–water partition coefficient (Wildman–Crippen LogP) is 2.77. The van der Waals surface area contributed by atoms with Crippen molar-refractivity contribution in [1.29, 1.82) is 0 Å². The van der Waals surface area contributed by atoms with Crippen LogP contribution in [0.4, 0.5) is 5.82 Å². The van der Waals surface area contributed by atoms with E-state index in [4.69, 9.17) is 0 Å². The number of benzene rings is 1. The van der Waals surface area contributed by atoms with Gasteiger partial charge in [-0.05, 0) is 50.5 Å². The monoisotopic (exact) mass is 255 g/mol. The first-order chi connectivity index (χ1) is 9.28. The van der Waals surface area contributed by atoms with E-state index < -0.39 is 0 Å². The summed E-state index contributed by atoms with van der Waals surface area (Å²) < 4.78 is 0. The van der Waals surface area contributed by atoms with E-state index in [1.807, 2.05) is 12.1 Å². The highest BCUT2D eigenvalue weighted by atomic mass is 16.3. The molecule has 1 aliphatic carbocycles. The van der Waals surface area contributed by atoms with E-state index >= 15 is 0 Å². The third-order valence-electron chi connectivity index (χ3n) is 3.40. The molecule has 1 heterocycles. The molecule has 0 saturated carbocycles. The number of aryl methyl sites for hydroxylation is 1. The second kappa shape index (κ2) is 4.88. The van der Waals surface area contributed by atoms with E-state index in [9.17, 15) is 5.11 Å². The van der Waals surface area contributed by atoms with Gasteiger partial charge in [0.25, 0.3) is 0 Å². The summed E-state index contributed by atoms with van der Waals surface area (Å²) in [5.41, 5.74) is 3.37. The van der Waals surface area contributed by atoms with E-state index in [1.165, 1.54) is 5.56 Å². The van der Waals surface area contributed by atoms with Gasteiger partial charge in [-0.15, -0.1) is 0 Å². The summed E-state index contributed by atoms with van der Waals surface area (Å²) in [5, 5.41) is 12.7. The quantitative estimate of drug-likeness (QED) is 0.885. The smallest absolute Gasteiger partial charge is 0.161 e. The van der Waals surface area contributed by atoms with Gasteiger partial charge < -0.3 is 10.4 Å². The lowest BCUT2D eigenvalue weighted by Crippen LogP contribution is -2.06. The van der Waals surface area contributed by atoms with Gasteiger partial charge in [-0.2, -0.15) is 0 Å². The van der Waals surface area contributed by atoms with Crippen LogP contribution in [0.15, 0.2) is 24.3 Å². The summed E-state index contributed by atoms with van der Waals surface area (Å²) in [6.45, 7) is 2.93. The number of aromatic hydroxyl groups is 1. The molecule has 1 aromatic carbocycles. The lowest BCUT2D eigenvalue weighted by atomic mass is 10.1. The molecule has 0 amide bonds. The van der Waals surface area contributed by atoms with Crippen LogP contribution in [0.3, 0.4) is 0 Å². The summed E-state index contributed by atoms with van der Waals surface area (Å²) in [7, 11) is 0. The van der Waals surface area contributed by atoms with Crippen LogP contribution in [0.25, 0.3) is 11.4 Å². The number of hydrogen-bond acceptors (Lipinski definition) is 4. The number of nitrogens with zero attached hydrogens (tertiary/aromatic N) is 2. The molecule has 0 unspecified atom stereocenters. The lowest BCUT2D eigenvalue weighted by molar-refractivity contribution is 0.475. The minimum Gasteiger partial charge on any atom is -0.508 e. The van der Waals surface area contributed by atoms with E-state index in [1.54, 1.807) is 12.1 Å². The first-order valence-corrected chi connectivity index (χ1v) is 6.71. The first-order valence-electron chi connectivity index (χ1n) is 6.71. The van der Waals surface area contributed by atoms with E-state index in [0.29, 0.717) is 0 Å². The van der Waals surface area contributed by atoms with Crippen LogP contribution < -0.4 is 5.32 Å². The average Bonchev–Trinajstić information content (AvgIpc) is 2.88. The maximum atomic E-state index is 9.34. The SMILES string of the molecule is CCNc1nc(-c2ccc(O)cc2)nc2c1CCC2. The topological polar surface area (TPSA) is 58.0 Å². The Morgan fingerprint density at radius 3 is 2.68 bits per heavy atom. The van der Waals surface area contributed by atoms with Gasteiger partial charge in [0.05, 0.1) is 0 Å². The molecule has 0 bridgehead atoms. The number of rotatable bonds is 3. The number of aromatic nitrogens is 2. The molecule has 4 heteroatoms. The Bertz CT molecular complexity index is 593. The maximum Gasteiger partial charge on any atom is 0.161 e. The van der Waals surface area contributed by atoms with Gasteiger partial charge in [0, 0.05) is 23.4 Å². The highest BCUT2D eigenvalue weighted by Crippen LogP contribution is 2.29. The van der Waals surface area contributed by atoms with Crippen LogP contribution in [0.5, 0.6) is 5.75 Å². The molecule has 4 nitrogen and oxygen atoms in total. The Morgan fingerprint density at radius 2 is 1.95 bits per heavy atom. The molecule has 0 atom stereocenters. The van der Waals surface area contributed by atoms with Crippen molar-refractivity contribution in [2.45, 2.75) is 26.2 Å². The standard InChI is InChI=1S/C15H17N3O/c1-2-16-15-12-4-3-5-13(12)17-14(18-15)10-6-8-11(19)9-7-10/h6-9,19H,2-5H2,1H3,(H,16,17,18). The van der Waals surface area contributed by atoms with E-state index in [0.717, 1.165) is 48.7 Å². The molecule has 0 saturated heterocycles. The van der Waals surface area contributed by atoms with Crippen molar-refractivity contribution in [1.82, 2.24) is 9.97 Å². The van der Waals surface area contributed by atoms with Crippen LogP contribution in [-0.2, 0) is 12.8 Å². The zero-order chi connectivity index (χ0) is 13.2. The van der Waals surface area contributed by atoms with Gasteiger partial charge in [-0.3, -0.25) is 0 Å². The summed E-state index contributed by atoms with van der Waals surface area (Å²) in [5.74, 6) is 1.96. The fraction of sp³-hybridized carbons (Fsp3) is 0.333. The average molecular weight is 255 g/mol. The number of phenolic OH excluding ortho intramolecular Hbond substituents is 1. The summed E-state index contributed by atoms with van der Waals surface area (Å²) in [4.78, 5) is 9.29. The van der Waals surface area contributed by atoms with Crippen molar-refractivity contribution in [3.05, 3.63) is 35.5 Å². The normalized spacial score (nSPS) is 13.3. The molecule has 0 radical (unpaired) electrons. The van der Waals surface area contributed by atoms with Crippen molar-refractivity contribution in [3.63, 3.8) is 0 Å². The second-order valence-electron chi connectivity index (χ2n) is 4.75. The van der Waals surface area contributed by atoms with Crippen molar-refractivity contribution in [2.24, 2.45) is 0 Å². The summed E-state index contributed by atoms with van der Waals surface area (Å²) in [6, 6.07) is 7.03. The number of hydrogen-bond donors (Lipinski definition) is 2. The second-order valence-corrected chi connectivity index (χ2v) is 4.75. The van der Waals surface area contributed by atoms with Crippen LogP contribution in [0.2, 0.25) is 0 Å². The first kappa shape index (κ1) is 12.0. The number of fused-ring (bicyclic) bond motifs is 1. The van der Waals surface area contributed by atoms with Crippen LogP contribution in [0, 0.1) is 0 Å². The van der Waals surface area contributed by atoms with Crippen molar-refractivity contribution < 1.29 is 5.11 Å². The van der Waals surface area contributed by atoms with Gasteiger partial charge in [0.15, 0.2) is 5.82 Å². The minimum atomic E-state index is 0.261. The molecule has 2 aromatic rings. The van der Waals surface area contributed by atoms with Crippen molar-refractivity contribution in [2.75, 3.05) is 11.9 Å². The third-order valence-corrected chi connectivity index (χ3v) is 3.40. The number of nitrogens with one attached hydrogen (secondary N) is 1. The Morgan fingerprint density at radius 1 is 1.16 bits per heavy atom. The van der Waals surface area contributed by atoms with E-state index in [2.05, 4.69) is 22.2 Å². The van der Waals surface area contributed by atoms with Gasteiger partial charge >= 0.3 is 0 Å². The Kier molecular flexibility index (Phi) is 3.07. The number of phenols is 1. The van der Waals surface area contributed by atoms with Gasteiger partial charge in [-0.25, -0.2) is 9.97 Å². The molecule has 19 heavy (non-hydrogen) atoms. The van der Waals surface area contributed by atoms with Gasteiger partial charge in [0.1, 0.15) is 11.6 Å². The van der Waals surface area contributed by atoms with Crippen molar-refractivity contribution >= 4 is 5.82 Å². The van der Waals surface area contributed by atoms with Gasteiger partial charge in [-0.1, -0.05) is 0 Å². The largest absolute Gasteiger partial charge is 0.508 e.